The molecule has 0 fully saturated rings. The number of hydrogen-bond acceptors (Lipinski definition) is 5. The Kier molecular flexibility index (Phi) is 10.0. The summed E-state index contributed by atoms with van der Waals surface area (Å²) in [5, 5.41) is 2.65. The minimum Gasteiger partial charge on any atom is -0.459 e. The quantitative estimate of drug-likeness (QED) is 0.590. The fraction of sp³-hybridized carbons (Fsp3) is 0.625. The molecule has 31 heavy (non-hydrogen) atoms. The molecule has 0 aliphatic carbocycles. The number of rotatable bonds is 9. The summed E-state index contributed by atoms with van der Waals surface area (Å²) in [5.74, 6) is -0.848. The van der Waals surface area contributed by atoms with Crippen molar-refractivity contribution >= 4 is 18.0 Å². The van der Waals surface area contributed by atoms with E-state index in [-0.39, 0.29) is 24.3 Å². The molecule has 0 heterocycles. The van der Waals surface area contributed by atoms with Crippen molar-refractivity contribution in [3.63, 3.8) is 0 Å². The maximum atomic E-state index is 13.2. The van der Waals surface area contributed by atoms with E-state index in [2.05, 4.69) is 5.32 Å². The Balaban J connectivity index is 2.94. The van der Waals surface area contributed by atoms with E-state index >= 15 is 0 Å². The third-order valence-corrected chi connectivity index (χ3v) is 4.61. The molecule has 1 aromatic carbocycles. The number of ether oxygens (including phenoxy) is 2. The average molecular weight is 435 g/mol. The topological polar surface area (TPSA) is 84.9 Å². The lowest BCUT2D eigenvalue weighted by Gasteiger charge is -2.33. The van der Waals surface area contributed by atoms with Crippen molar-refractivity contribution < 1.29 is 23.9 Å². The van der Waals surface area contributed by atoms with Gasteiger partial charge in [-0.2, -0.15) is 0 Å². The highest BCUT2D eigenvalue weighted by atomic mass is 16.6. The van der Waals surface area contributed by atoms with Crippen LogP contribution in [0.4, 0.5) is 4.79 Å². The van der Waals surface area contributed by atoms with Gasteiger partial charge in [0, 0.05) is 7.05 Å². The lowest BCUT2D eigenvalue weighted by molar-refractivity contribution is -0.157. The monoisotopic (exact) mass is 434 g/mol. The van der Waals surface area contributed by atoms with E-state index in [1.807, 2.05) is 58.0 Å². The van der Waals surface area contributed by atoms with Gasteiger partial charge in [-0.25, -0.2) is 9.59 Å². The van der Waals surface area contributed by atoms with Gasteiger partial charge in [0.15, 0.2) is 0 Å². The van der Waals surface area contributed by atoms with Crippen molar-refractivity contribution in [2.45, 2.75) is 79.2 Å². The number of carbonyl (C=O) groups is 3. The SMILES string of the molecule is CC(C)C[C@@H](C(=O)OCc1ccccc1)N(C)C(=O)[C@@H](NC(=O)OC(C)(C)C)C(C)C. The summed E-state index contributed by atoms with van der Waals surface area (Å²) in [5.41, 5.74) is 0.196. The number of likely N-dealkylation sites (N-methyl/N-ethyl adjacent to an activating group) is 1. The Labute approximate surface area is 186 Å². The van der Waals surface area contributed by atoms with E-state index in [9.17, 15) is 14.4 Å². The molecule has 0 aliphatic rings. The van der Waals surface area contributed by atoms with Crippen LogP contribution in [0.1, 0.15) is 60.5 Å². The van der Waals surface area contributed by atoms with Gasteiger partial charge in [0.25, 0.3) is 0 Å². The largest absolute Gasteiger partial charge is 0.459 e. The summed E-state index contributed by atoms with van der Waals surface area (Å²) < 4.78 is 10.8. The molecule has 0 saturated heterocycles. The minimum atomic E-state index is -0.823. The molecule has 7 nitrogen and oxygen atoms in total. The van der Waals surface area contributed by atoms with Crippen LogP contribution in [0.2, 0.25) is 0 Å². The molecular weight excluding hydrogens is 396 g/mol. The van der Waals surface area contributed by atoms with E-state index in [0.29, 0.717) is 6.42 Å². The normalized spacial score (nSPS) is 13.5. The first-order valence-corrected chi connectivity index (χ1v) is 10.8. The molecule has 2 atom stereocenters. The molecule has 0 saturated carbocycles. The standard InChI is InChI=1S/C24H38N2O5/c1-16(2)14-19(22(28)30-15-18-12-10-9-11-13-18)26(8)21(27)20(17(3)4)25-23(29)31-24(5,6)7/h9-13,16-17,19-20H,14-15H2,1-8H3,(H,25,29)/t19-,20-/m0/s1. The van der Waals surface area contributed by atoms with Gasteiger partial charge in [0.1, 0.15) is 24.3 Å². The maximum absolute atomic E-state index is 13.2. The van der Waals surface area contributed by atoms with Crippen molar-refractivity contribution in [2.24, 2.45) is 11.8 Å². The van der Waals surface area contributed by atoms with Gasteiger partial charge >= 0.3 is 12.1 Å². The smallest absolute Gasteiger partial charge is 0.408 e. The summed E-state index contributed by atoms with van der Waals surface area (Å²) >= 11 is 0. The molecule has 1 N–H and O–H groups in total. The van der Waals surface area contributed by atoms with Crippen molar-refractivity contribution in [3.8, 4) is 0 Å². The number of hydrogen-bond donors (Lipinski definition) is 1. The summed E-state index contributed by atoms with van der Waals surface area (Å²) in [6.45, 7) is 13.0. The lowest BCUT2D eigenvalue weighted by atomic mass is 9.99. The Morgan fingerprint density at radius 3 is 2.10 bits per heavy atom. The fourth-order valence-electron chi connectivity index (χ4n) is 3.00. The molecule has 1 aromatic rings. The van der Waals surface area contributed by atoms with Crippen LogP contribution in [0.25, 0.3) is 0 Å². The Morgan fingerprint density at radius 2 is 1.61 bits per heavy atom. The first kappa shape index (κ1) is 26.5. The number of esters is 1. The molecule has 0 bridgehead atoms. The first-order valence-electron chi connectivity index (χ1n) is 10.8. The number of nitrogens with one attached hydrogen (secondary N) is 1. The molecule has 1 rings (SSSR count). The highest BCUT2D eigenvalue weighted by Crippen LogP contribution is 2.17. The minimum absolute atomic E-state index is 0.139. The molecule has 174 valence electrons. The highest BCUT2D eigenvalue weighted by molar-refractivity contribution is 5.89. The Hall–Kier alpha value is -2.57. The summed E-state index contributed by atoms with van der Waals surface area (Å²) in [6.07, 6.45) is -0.215. The zero-order valence-electron chi connectivity index (χ0n) is 20.1. The molecule has 7 heteroatoms. The summed E-state index contributed by atoms with van der Waals surface area (Å²) in [4.78, 5) is 39.7. The lowest BCUT2D eigenvalue weighted by Crippen LogP contribution is -2.55. The van der Waals surface area contributed by atoms with Gasteiger partial charge in [0.05, 0.1) is 0 Å². The summed E-state index contributed by atoms with van der Waals surface area (Å²) in [7, 11) is 1.57. The van der Waals surface area contributed by atoms with E-state index in [1.165, 1.54) is 4.90 Å². The first-order chi connectivity index (χ1) is 14.3. The predicted molar refractivity (Wildman–Crippen MR) is 120 cm³/mol. The molecule has 0 aromatic heterocycles. The predicted octanol–water partition coefficient (Wildman–Crippen LogP) is 4.15. The van der Waals surface area contributed by atoms with Crippen LogP contribution in [-0.2, 0) is 25.7 Å². The molecule has 2 amide bonds. The Morgan fingerprint density at radius 1 is 1.03 bits per heavy atom. The van der Waals surface area contributed by atoms with Crippen molar-refractivity contribution in [2.75, 3.05) is 7.05 Å². The van der Waals surface area contributed by atoms with Gasteiger partial charge in [-0.1, -0.05) is 58.0 Å². The second-order valence-electron chi connectivity index (χ2n) is 9.56. The second-order valence-corrected chi connectivity index (χ2v) is 9.56. The van der Waals surface area contributed by atoms with Crippen molar-refractivity contribution in [1.29, 1.82) is 0 Å². The summed E-state index contributed by atoms with van der Waals surface area (Å²) in [6, 6.07) is 7.82. The van der Waals surface area contributed by atoms with Gasteiger partial charge in [-0.3, -0.25) is 4.79 Å². The van der Waals surface area contributed by atoms with E-state index in [1.54, 1.807) is 27.8 Å². The number of nitrogens with zero attached hydrogens (tertiary/aromatic N) is 1. The molecular formula is C24H38N2O5. The van der Waals surface area contributed by atoms with Crippen LogP contribution >= 0.6 is 0 Å². The molecule has 0 unspecified atom stereocenters. The third kappa shape index (κ3) is 9.40. The zero-order chi connectivity index (χ0) is 23.8. The number of carbonyl (C=O) groups excluding carboxylic acids is 3. The second kappa shape index (κ2) is 11.7. The fourth-order valence-corrected chi connectivity index (χ4v) is 3.00. The van der Waals surface area contributed by atoms with Crippen LogP contribution in [0, 0.1) is 11.8 Å². The van der Waals surface area contributed by atoms with E-state index in [4.69, 9.17) is 9.47 Å². The molecule has 0 radical (unpaired) electrons. The van der Waals surface area contributed by atoms with Crippen LogP contribution in [0.5, 0.6) is 0 Å². The van der Waals surface area contributed by atoms with Crippen LogP contribution in [0.15, 0.2) is 30.3 Å². The molecule has 0 aliphatic heterocycles. The van der Waals surface area contributed by atoms with E-state index in [0.717, 1.165) is 5.56 Å². The van der Waals surface area contributed by atoms with Gasteiger partial charge < -0.3 is 19.7 Å². The number of alkyl carbamates (subject to hydrolysis) is 1. The van der Waals surface area contributed by atoms with Crippen molar-refractivity contribution in [1.82, 2.24) is 10.2 Å². The van der Waals surface area contributed by atoms with E-state index < -0.39 is 29.7 Å². The Bertz CT molecular complexity index is 725. The van der Waals surface area contributed by atoms with Crippen molar-refractivity contribution in [3.05, 3.63) is 35.9 Å². The van der Waals surface area contributed by atoms with Crippen LogP contribution in [-0.4, -0.2) is 47.6 Å². The average Bonchev–Trinajstić information content (AvgIpc) is 2.66. The van der Waals surface area contributed by atoms with Gasteiger partial charge in [-0.15, -0.1) is 0 Å². The van der Waals surface area contributed by atoms with Crippen LogP contribution in [0.3, 0.4) is 0 Å². The number of amides is 2. The zero-order valence-corrected chi connectivity index (χ0v) is 20.1. The van der Waals surface area contributed by atoms with Gasteiger partial charge in [-0.05, 0) is 44.6 Å². The number of benzene rings is 1. The third-order valence-electron chi connectivity index (χ3n) is 4.61. The maximum Gasteiger partial charge on any atom is 0.408 e. The van der Waals surface area contributed by atoms with Crippen LogP contribution < -0.4 is 5.32 Å². The molecule has 0 spiro atoms. The van der Waals surface area contributed by atoms with Gasteiger partial charge in [0.2, 0.25) is 5.91 Å². The highest BCUT2D eigenvalue weighted by Gasteiger charge is 2.35.